The average Bonchev–Trinajstić information content (AvgIpc) is 3.24. The van der Waals surface area contributed by atoms with E-state index in [-0.39, 0.29) is 5.41 Å². The normalized spacial score (nSPS) is 13.3. The van der Waals surface area contributed by atoms with Crippen LogP contribution in [0.3, 0.4) is 0 Å². The summed E-state index contributed by atoms with van der Waals surface area (Å²) in [5, 5.41) is 16.0. The molecule has 208 valence electrons. The van der Waals surface area contributed by atoms with Crippen molar-refractivity contribution in [3.8, 4) is 11.1 Å². The Balaban J connectivity index is 1.33. The van der Waals surface area contributed by atoms with Crippen LogP contribution in [-0.2, 0) is 5.41 Å². The van der Waals surface area contributed by atoms with Crippen LogP contribution in [0, 0.1) is 0 Å². The van der Waals surface area contributed by atoms with E-state index in [1.165, 1.54) is 54.6 Å². The molecule has 1 aliphatic rings. The topological polar surface area (TPSA) is 24.1 Å². The van der Waals surface area contributed by atoms with Gasteiger partial charge in [0.05, 0.1) is 21.4 Å². The van der Waals surface area contributed by atoms with Crippen LogP contribution in [0.4, 0.5) is 22.7 Å². The number of hydrogen-bond acceptors (Lipinski definition) is 2. The molecule has 0 aliphatic heterocycles. The Labute approximate surface area is 260 Å². The van der Waals surface area contributed by atoms with Crippen molar-refractivity contribution in [3.05, 3.63) is 142 Å². The van der Waals surface area contributed by atoms with Gasteiger partial charge < -0.3 is 10.6 Å². The molecule has 1 aliphatic carbocycles. The number of nitrogens with one attached hydrogen (secondary N) is 2. The zero-order valence-electron chi connectivity index (χ0n) is 23.8. The van der Waals surface area contributed by atoms with E-state index in [4.69, 9.17) is 23.2 Å². The number of halogens is 2. The molecule has 0 unspecified atom stereocenters. The van der Waals surface area contributed by atoms with E-state index >= 15 is 0 Å². The molecular formula is C39H28Cl2N2. The lowest BCUT2D eigenvalue weighted by atomic mass is 9.81. The minimum atomic E-state index is -0.166. The first-order valence-electron chi connectivity index (χ1n) is 14.5. The maximum Gasteiger partial charge on any atom is 0.0640 e. The quantitative estimate of drug-likeness (QED) is 0.198. The van der Waals surface area contributed by atoms with Gasteiger partial charge in [0.2, 0.25) is 0 Å². The fourth-order valence-electron chi connectivity index (χ4n) is 6.77. The van der Waals surface area contributed by atoms with Crippen molar-refractivity contribution in [3.63, 3.8) is 0 Å². The summed E-state index contributed by atoms with van der Waals surface area (Å²) < 4.78 is 0. The molecule has 0 aromatic heterocycles. The summed E-state index contributed by atoms with van der Waals surface area (Å²) >= 11 is 13.0. The number of rotatable bonds is 4. The number of benzene rings is 7. The molecule has 0 saturated heterocycles. The molecule has 7 aromatic rings. The first-order chi connectivity index (χ1) is 20.9. The third-order valence-corrected chi connectivity index (χ3v) is 9.60. The number of para-hydroxylation sites is 2. The minimum Gasteiger partial charge on any atom is -0.354 e. The molecule has 0 heterocycles. The molecule has 2 nitrogen and oxygen atoms in total. The maximum absolute atomic E-state index is 6.49. The number of anilines is 4. The highest BCUT2D eigenvalue weighted by Gasteiger charge is 2.36. The predicted octanol–water partition coefficient (Wildman–Crippen LogP) is 12.2. The van der Waals surface area contributed by atoms with E-state index in [9.17, 15) is 0 Å². The lowest BCUT2D eigenvalue weighted by Crippen LogP contribution is -2.15. The highest BCUT2D eigenvalue weighted by Crippen LogP contribution is 2.52. The van der Waals surface area contributed by atoms with E-state index in [0.717, 1.165) is 22.7 Å². The first-order valence-corrected chi connectivity index (χ1v) is 15.2. The van der Waals surface area contributed by atoms with Crippen LogP contribution in [0.5, 0.6) is 0 Å². The minimum absolute atomic E-state index is 0.166. The Morgan fingerprint density at radius 1 is 0.442 bits per heavy atom. The van der Waals surface area contributed by atoms with Gasteiger partial charge in [-0.2, -0.15) is 0 Å². The Morgan fingerprint density at radius 2 is 0.930 bits per heavy atom. The van der Waals surface area contributed by atoms with Gasteiger partial charge >= 0.3 is 0 Å². The van der Waals surface area contributed by atoms with E-state index in [1.807, 2.05) is 48.5 Å². The molecule has 2 N–H and O–H groups in total. The van der Waals surface area contributed by atoms with Gasteiger partial charge in [0.1, 0.15) is 0 Å². The molecular weight excluding hydrogens is 567 g/mol. The molecule has 0 spiro atoms. The standard InChI is InChI=1S/C39H28Cl2N2/c1-39(2)33-20-24(43-38-14-8-6-12-36(38)41)16-18-28(33)32-21-30-29-19-23(42-37-13-7-5-11-35(37)40)15-17-27(29)25-9-3-4-10-26(25)31(30)22-34(32)39/h3-22,42-43H,1-2H3. The zero-order valence-corrected chi connectivity index (χ0v) is 25.3. The number of hydrogen-bond donors (Lipinski definition) is 2. The summed E-state index contributed by atoms with van der Waals surface area (Å²) in [6.07, 6.45) is 0. The van der Waals surface area contributed by atoms with Crippen molar-refractivity contribution in [2.24, 2.45) is 0 Å². The molecule has 0 atom stereocenters. The Bertz CT molecular complexity index is 2250. The van der Waals surface area contributed by atoms with Gasteiger partial charge in [-0.05, 0) is 115 Å². The highest BCUT2D eigenvalue weighted by molar-refractivity contribution is 6.33. The zero-order chi connectivity index (χ0) is 29.3. The third kappa shape index (κ3) is 4.17. The summed E-state index contributed by atoms with van der Waals surface area (Å²) in [5.41, 5.74) is 8.90. The van der Waals surface area contributed by atoms with Crippen molar-refractivity contribution in [1.29, 1.82) is 0 Å². The van der Waals surface area contributed by atoms with Gasteiger partial charge in [-0.3, -0.25) is 0 Å². The van der Waals surface area contributed by atoms with Gasteiger partial charge in [-0.15, -0.1) is 0 Å². The van der Waals surface area contributed by atoms with Crippen molar-refractivity contribution in [2.75, 3.05) is 10.6 Å². The molecule has 7 aromatic carbocycles. The van der Waals surface area contributed by atoms with E-state index in [1.54, 1.807) is 0 Å². The lowest BCUT2D eigenvalue weighted by Gasteiger charge is -2.23. The first kappa shape index (κ1) is 26.2. The smallest absolute Gasteiger partial charge is 0.0640 e. The van der Waals surface area contributed by atoms with E-state index in [2.05, 4.69) is 97.3 Å². The van der Waals surface area contributed by atoms with E-state index < -0.39 is 0 Å². The van der Waals surface area contributed by atoms with Crippen molar-refractivity contribution < 1.29 is 0 Å². The second-order valence-electron chi connectivity index (χ2n) is 11.8. The van der Waals surface area contributed by atoms with Crippen LogP contribution in [0.1, 0.15) is 25.0 Å². The summed E-state index contributed by atoms with van der Waals surface area (Å²) in [6.45, 7) is 4.66. The Kier molecular flexibility index (Phi) is 5.94. The van der Waals surface area contributed by atoms with Crippen LogP contribution in [-0.4, -0.2) is 0 Å². The Morgan fingerprint density at radius 3 is 1.60 bits per heavy atom. The Hall–Kier alpha value is -4.50. The third-order valence-electron chi connectivity index (χ3n) is 8.94. The summed E-state index contributed by atoms with van der Waals surface area (Å²) in [4.78, 5) is 0. The lowest BCUT2D eigenvalue weighted by molar-refractivity contribution is 0.661. The van der Waals surface area contributed by atoms with Crippen LogP contribution in [0.25, 0.3) is 43.4 Å². The van der Waals surface area contributed by atoms with Gasteiger partial charge in [-0.1, -0.05) is 97.7 Å². The van der Waals surface area contributed by atoms with E-state index in [0.29, 0.717) is 10.0 Å². The van der Waals surface area contributed by atoms with Crippen LogP contribution in [0.2, 0.25) is 10.0 Å². The number of fused-ring (bicyclic) bond motifs is 9. The summed E-state index contributed by atoms with van der Waals surface area (Å²) in [5.74, 6) is 0. The predicted molar refractivity (Wildman–Crippen MR) is 186 cm³/mol. The maximum atomic E-state index is 6.49. The van der Waals surface area contributed by atoms with Crippen molar-refractivity contribution in [1.82, 2.24) is 0 Å². The largest absolute Gasteiger partial charge is 0.354 e. The van der Waals surface area contributed by atoms with Crippen LogP contribution in [0.15, 0.2) is 121 Å². The second-order valence-corrected chi connectivity index (χ2v) is 12.7. The van der Waals surface area contributed by atoms with Gasteiger partial charge in [-0.25, -0.2) is 0 Å². The SMILES string of the molecule is CC1(C)c2cc(Nc3ccccc3Cl)ccc2-c2cc3c4cc(Nc5ccccc5Cl)ccc4c4ccccc4c3cc21. The molecule has 0 radical (unpaired) electrons. The molecule has 43 heavy (non-hydrogen) atoms. The van der Waals surface area contributed by atoms with Gasteiger partial charge in [0.15, 0.2) is 0 Å². The summed E-state index contributed by atoms with van der Waals surface area (Å²) in [6, 6.07) is 42.6. The van der Waals surface area contributed by atoms with Gasteiger partial charge in [0.25, 0.3) is 0 Å². The van der Waals surface area contributed by atoms with Gasteiger partial charge in [0, 0.05) is 16.8 Å². The molecule has 4 heteroatoms. The van der Waals surface area contributed by atoms with Crippen LogP contribution >= 0.6 is 23.2 Å². The van der Waals surface area contributed by atoms with Crippen molar-refractivity contribution in [2.45, 2.75) is 19.3 Å². The molecule has 0 amide bonds. The van der Waals surface area contributed by atoms with Crippen molar-refractivity contribution >= 4 is 78.3 Å². The highest BCUT2D eigenvalue weighted by atomic mass is 35.5. The average molecular weight is 596 g/mol. The molecule has 0 bridgehead atoms. The monoisotopic (exact) mass is 594 g/mol. The van der Waals surface area contributed by atoms with Crippen LogP contribution < -0.4 is 10.6 Å². The molecule has 0 saturated carbocycles. The fourth-order valence-corrected chi connectivity index (χ4v) is 7.14. The molecule has 8 rings (SSSR count). The molecule has 0 fully saturated rings. The second kappa shape index (κ2) is 9.77. The fraction of sp³-hybridized carbons (Fsp3) is 0.0769. The summed E-state index contributed by atoms with van der Waals surface area (Å²) in [7, 11) is 0.